The normalized spacial score (nSPS) is 12.2. The maximum atomic E-state index is 11.7. The molecule has 0 unspecified atom stereocenters. The number of allylic oxidation sites excluding steroid dienone is 2. The van der Waals surface area contributed by atoms with E-state index in [4.69, 9.17) is 5.11 Å². The quantitative estimate of drug-likeness (QED) is 0.862. The van der Waals surface area contributed by atoms with Crippen LogP contribution in [-0.4, -0.2) is 19.5 Å². The van der Waals surface area contributed by atoms with Gasteiger partial charge < -0.3 is 5.11 Å². The molecule has 17 heavy (non-hydrogen) atoms. The fourth-order valence-corrected chi connectivity index (χ4v) is 1.99. The summed E-state index contributed by atoms with van der Waals surface area (Å²) in [4.78, 5) is 10.8. The second-order valence-corrected chi connectivity index (χ2v) is 5.24. The molecule has 0 heterocycles. The number of rotatable bonds is 4. The van der Waals surface area contributed by atoms with Gasteiger partial charge in [0.15, 0.2) is 0 Å². The lowest BCUT2D eigenvalue weighted by Crippen LogP contribution is -2.13. The zero-order chi connectivity index (χ0) is 13.1. The Morgan fingerprint density at radius 2 is 1.82 bits per heavy atom. The number of hydrogen-bond donors (Lipinski definition) is 2. The van der Waals surface area contributed by atoms with E-state index in [1.807, 2.05) is 0 Å². The highest BCUT2D eigenvalue weighted by molar-refractivity contribution is 7.96. The zero-order valence-corrected chi connectivity index (χ0v) is 10.3. The molecular formula is C11H13NO4S. The van der Waals surface area contributed by atoms with Gasteiger partial charge in [0.1, 0.15) is 0 Å². The maximum absolute atomic E-state index is 11.7. The molecule has 0 aromatic heterocycles. The molecule has 0 saturated heterocycles. The van der Waals surface area contributed by atoms with E-state index in [0.717, 1.165) is 0 Å². The SMILES string of the molecule is CC=C(C)S(=O)(=O)Nc1ccc(C(=O)O)cc1. The van der Waals surface area contributed by atoms with E-state index in [1.54, 1.807) is 6.92 Å². The first kappa shape index (κ1) is 13.2. The van der Waals surface area contributed by atoms with Crippen molar-refractivity contribution in [3.05, 3.63) is 40.8 Å². The first-order valence-corrected chi connectivity index (χ1v) is 6.34. The summed E-state index contributed by atoms with van der Waals surface area (Å²) >= 11 is 0. The number of aromatic carboxylic acids is 1. The smallest absolute Gasteiger partial charge is 0.335 e. The Hall–Kier alpha value is -1.82. The van der Waals surface area contributed by atoms with E-state index in [9.17, 15) is 13.2 Å². The van der Waals surface area contributed by atoms with E-state index >= 15 is 0 Å². The fourth-order valence-electron chi connectivity index (χ4n) is 1.07. The van der Waals surface area contributed by atoms with E-state index in [0.29, 0.717) is 5.69 Å². The molecule has 0 fully saturated rings. The van der Waals surface area contributed by atoms with Crippen LogP contribution >= 0.6 is 0 Å². The fraction of sp³-hybridized carbons (Fsp3) is 0.182. The summed E-state index contributed by atoms with van der Waals surface area (Å²) in [6.07, 6.45) is 1.48. The molecule has 5 nitrogen and oxygen atoms in total. The van der Waals surface area contributed by atoms with Crippen LogP contribution in [0.25, 0.3) is 0 Å². The van der Waals surface area contributed by atoms with Gasteiger partial charge in [0.2, 0.25) is 0 Å². The molecule has 0 amide bonds. The Balaban J connectivity index is 2.94. The van der Waals surface area contributed by atoms with Gasteiger partial charge >= 0.3 is 5.97 Å². The standard InChI is InChI=1S/C11H13NO4S/c1-3-8(2)17(15,16)12-10-6-4-9(5-7-10)11(13)14/h3-7,12H,1-2H3,(H,13,14). The van der Waals surface area contributed by atoms with Gasteiger partial charge in [-0.15, -0.1) is 0 Å². The molecule has 0 spiro atoms. The highest BCUT2D eigenvalue weighted by Gasteiger charge is 2.12. The highest BCUT2D eigenvalue weighted by Crippen LogP contribution is 2.14. The molecule has 1 rings (SSSR count). The minimum Gasteiger partial charge on any atom is -0.478 e. The first-order valence-electron chi connectivity index (χ1n) is 4.86. The van der Waals surface area contributed by atoms with Crippen LogP contribution in [0.4, 0.5) is 5.69 Å². The van der Waals surface area contributed by atoms with Crippen molar-refractivity contribution in [1.82, 2.24) is 0 Å². The summed E-state index contributed by atoms with van der Waals surface area (Å²) < 4.78 is 25.7. The van der Waals surface area contributed by atoms with Crippen LogP contribution in [0.2, 0.25) is 0 Å². The average molecular weight is 255 g/mol. The Morgan fingerprint density at radius 1 is 1.29 bits per heavy atom. The van der Waals surface area contributed by atoms with Crippen molar-refractivity contribution < 1.29 is 18.3 Å². The molecule has 1 aromatic carbocycles. The second kappa shape index (κ2) is 5.01. The summed E-state index contributed by atoms with van der Waals surface area (Å²) in [7, 11) is -3.53. The number of anilines is 1. The van der Waals surface area contributed by atoms with Crippen LogP contribution in [0.5, 0.6) is 0 Å². The largest absolute Gasteiger partial charge is 0.478 e. The Kier molecular flexibility index (Phi) is 3.90. The number of carboxylic acid groups (broad SMARTS) is 1. The second-order valence-electron chi connectivity index (χ2n) is 3.39. The van der Waals surface area contributed by atoms with Gasteiger partial charge in [-0.05, 0) is 38.1 Å². The summed E-state index contributed by atoms with van der Waals surface area (Å²) in [6, 6.07) is 5.49. The highest BCUT2D eigenvalue weighted by atomic mass is 32.2. The van der Waals surface area contributed by atoms with Crippen molar-refractivity contribution in [3.63, 3.8) is 0 Å². The molecule has 0 aliphatic heterocycles. The molecule has 0 bridgehead atoms. The monoisotopic (exact) mass is 255 g/mol. The molecule has 92 valence electrons. The Bertz CT molecular complexity index is 543. The van der Waals surface area contributed by atoms with Crippen LogP contribution in [0, 0.1) is 0 Å². The van der Waals surface area contributed by atoms with Crippen molar-refractivity contribution in [2.75, 3.05) is 4.72 Å². The van der Waals surface area contributed by atoms with Gasteiger partial charge in [-0.3, -0.25) is 4.72 Å². The third-order valence-corrected chi connectivity index (χ3v) is 3.80. The topological polar surface area (TPSA) is 83.5 Å². The van der Waals surface area contributed by atoms with Crippen molar-refractivity contribution in [1.29, 1.82) is 0 Å². The summed E-state index contributed by atoms with van der Waals surface area (Å²) in [6.45, 7) is 3.11. The van der Waals surface area contributed by atoms with Gasteiger partial charge in [0.05, 0.1) is 10.5 Å². The maximum Gasteiger partial charge on any atom is 0.335 e. The van der Waals surface area contributed by atoms with Crippen molar-refractivity contribution in [2.45, 2.75) is 13.8 Å². The summed E-state index contributed by atoms with van der Waals surface area (Å²) in [5, 5.41) is 8.69. The van der Waals surface area contributed by atoms with Gasteiger partial charge in [-0.2, -0.15) is 0 Å². The van der Waals surface area contributed by atoms with E-state index in [1.165, 1.54) is 37.3 Å². The molecule has 0 saturated carbocycles. The molecule has 6 heteroatoms. The van der Waals surface area contributed by atoms with Gasteiger partial charge in [0, 0.05) is 5.69 Å². The minimum absolute atomic E-state index is 0.107. The molecule has 0 atom stereocenters. The number of carbonyl (C=O) groups is 1. The predicted molar refractivity (Wildman–Crippen MR) is 65.4 cm³/mol. The van der Waals surface area contributed by atoms with E-state index < -0.39 is 16.0 Å². The molecular weight excluding hydrogens is 242 g/mol. The van der Waals surface area contributed by atoms with Crippen LogP contribution in [-0.2, 0) is 10.0 Å². The molecule has 2 N–H and O–H groups in total. The van der Waals surface area contributed by atoms with Crippen molar-refractivity contribution >= 4 is 21.7 Å². The number of benzene rings is 1. The summed E-state index contributed by atoms with van der Waals surface area (Å²) in [5.41, 5.74) is 0.437. The number of hydrogen-bond acceptors (Lipinski definition) is 3. The van der Waals surface area contributed by atoms with Gasteiger partial charge in [-0.25, -0.2) is 13.2 Å². The van der Waals surface area contributed by atoms with E-state index in [-0.39, 0.29) is 10.5 Å². The van der Waals surface area contributed by atoms with Crippen molar-refractivity contribution in [3.8, 4) is 0 Å². The predicted octanol–water partition coefficient (Wildman–Crippen LogP) is 2.05. The van der Waals surface area contributed by atoms with Crippen LogP contribution in [0.1, 0.15) is 24.2 Å². The minimum atomic E-state index is -3.53. The Labute approximate surface area is 99.8 Å². The lowest BCUT2D eigenvalue weighted by Gasteiger charge is -2.07. The van der Waals surface area contributed by atoms with Crippen molar-refractivity contribution in [2.24, 2.45) is 0 Å². The van der Waals surface area contributed by atoms with Crippen LogP contribution in [0.3, 0.4) is 0 Å². The molecule has 1 aromatic rings. The zero-order valence-electron chi connectivity index (χ0n) is 9.47. The van der Waals surface area contributed by atoms with E-state index in [2.05, 4.69) is 4.72 Å². The third kappa shape index (κ3) is 3.32. The lowest BCUT2D eigenvalue weighted by molar-refractivity contribution is 0.0697. The van der Waals surface area contributed by atoms with Crippen LogP contribution in [0.15, 0.2) is 35.2 Å². The molecule has 0 radical (unpaired) electrons. The van der Waals surface area contributed by atoms with Gasteiger partial charge in [-0.1, -0.05) is 6.08 Å². The van der Waals surface area contributed by atoms with Gasteiger partial charge in [0.25, 0.3) is 10.0 Å². The summed E-state index contributed by atoms with van der Waals surface area (Å²) in [5.74, 6) is -1.05. The average Bonchev–Trinajstić information content (AvgIpc) is 2.28. The number of sulfonamides is 1. The molecule has 0 aliphatic rings. The van der Waals surface area contributed by atoms with Crippen LogP contribution < -0.4 is 4.72 Å². The number of carboxylic acids is 1. The first-order chi connectivity index (χ1) is 7.86. The molecule has 0 aliphatic carbocycles. The third-order valence-electron chi connectivity index (χ3n) is 2.21. The number of nitrogens with one attached hydrogen (secondary N) is 1. The lowest BCUT2D eigenvalue weighted by atomic mass is 10.2. The Morgan fingerprint density at radius 3 is 2.24 bits per heavy atom.